The Kier molecular flexibility index (Phi) is 3.35. The van der Waals surface area contributed by atoms with E-state index in [4.69, 9.17) is 4.74 Å². The van der Waals surface area contributed by atoms with Crippen molar-refractivity contribution in [2.45, 2.75) is 13.0 Å². The van der Waals surface area contributed by atoms with Crippen LogP contribution in [0.5, 0.6) is 0 Å². The van der Waals surface area contributed by atoms with Gasteiger partial charge >= 0.3 is 0 Å². The van der Waals surface area contributed by atoms with Crippen molar-refractivity contribution in [1.82, 2.24) is 9.97 Å². The molecule has 1 rings (SSSR count). The van der Waals surface area contributed by atoms with Crippen molar-refractivity contribution in [2.24, 2.45) is 0 Å². The van der Waals surface area contributed by atoms with Gasteiger partial charge < -0.3 is 4.74 Å². The molecule has 1 aromatic heterocycles. The molecule has 0 saturated heterocycles. The zero-order chi connectivity index (χ0) is 8.81. The van der Waals surface area contributed by atoms with Crippen molar-refractivity contribution in [3.05, 3.63) is 24.3 Å². The molecule has 4 nitrogen and oxygen atoms in total. The minimum Gasteiger partial charge on any atom is -0.365 e. The van der Waals surface area contributed by atoms with Gasteiger partial charge in [-0.3, -0.25) is 14.8 Å². The van der Waals surface area contributed by atoms with E-state index in [1.54, 1.807) is 6.20 Å². The van der Waals surface area contributed by atoms with Gasteiger partial charge in [-0.2, -0.15) is 0 Å². The summed E-state index contributed by atoms with van der Waals surface area (Å²) in [6, 6.07) is 0. The summed E-state index contributed by atoms with van der Waals surface area (Å²) in [4.78, 5) is 18.3. The molecule has 0 fully saturated rings. The maximum Gasteiger partial charge on any atom is 0.156 e. The highest BCUT2D eigenvalue weighted by atomic mass is 16.5. The minimum absolute atomic E-state index is 0.486. The van der Waals surface area contributed by atoms with Gasteiger partial charge in [0.25, 0.3) is 0 Å². The molecule has 1 heterocycles. The average molecular weight is 166 g/mol. The molecule has 4 heteroatoms. The number of aldehydes is 1. The van der Waals surface area contributed by atoms with Gasteiger partial charge in [-0.1, -0.05) is 0 Å². The van der Waals surface area contributed by atoms with Crippen LogP contribution >= 0.6 is 0 Å². The molecule has 0 bridgehead atoms. The van der Waals surface area contributed by atoms with Crippen molar-refractivity contribution < 1.29 is 9.53 Å². The highest BCUT2D eigenvalue weighted by Gasteiger charge is 2.10. The number of ether oxygens (including phenoxy) is 1. The molecule has 0 N–H and O–H groups in total. The highest BCUT2D eigenvalue weighted by molar-refractivity contribution is 5.58. The summed E-state index contributed by atoms with van der Waals surface area (Å²) in [5, 5.41) is 0. The van der Waals surface area contributed by atoms with Crippen molar-refractivity contribution >= 4 is 6.29 Å². The molecule has 0 saturated carbocycles. The lowest BCUT2D eigenvalue weighted by Gasteiger charge is -2.07. The highest BCUT2D eigenvalue weighted by Crippen LogP contribution is 2.09. The first kappa shape index (κ1) is 8.80. The first-order chi connectivity index (χ1) is 5.88. The number of hydrogen-bond donors (Lipinski definition) is 0. The Morgan fingerprint density at radius 3 is 3.00 bits per heavy atom. The molecular weight excluding hydrogens is 156 g/mol. The molecule has 0 spiro atoms. The summed E-state index contributed by atoms with van der Waals surface area (Å²) < 4.78 is 5.11. The first-order valence-corrected chi connectivity index (χ1v) is 3.71. The monoisotopic (exact) mass is 166 g/mol. The lowest BCUT2D eigenvalue weighted by molar-refractivity contribution is -0.118. The molecule has 12 heavy (non-hydrogen) atoms. The normalized spacial score (nSPS) is 12.4. The number of carbonyl (C=O) groups excluding carboxylic acids is 1. The maximum atomic E-state index is 10.5. The maximum absolute atomic E-state index is 10.5. The van der Waals surface area contributed by atoms with Gasteiger partial charge in [-0.05, 0) is 6.92 Å². The summed E-state index contributed by atoms with van der Waals surface area (Å²) in [5.74, 6) is 0. The van der Waals surface area contributed by atoms with Crippen LogP contribution in [0.1, 0.15) is 18.7 Å². The number of rotatable bonds is 4. The fraction of sp³-hybridized carbons (Fsp3) is 0.375. The number of nitrogens with zero attached hydrogens (tertiary/aromatic N) is 2. The molecule has 0 aliphatic carbocycles. The third-order valence-corrected chi connectivity index (χ3v) is 1.34. The fourth-order valence-electron chi connectivity index (χ4n) is 0.831. The molecule has 0 radical (unpaired) electrons. The van der Waals surface area contributed by atoms with Gasteiger partial charge in [0, 0.05) is 19.0 Å². The summed E-state index contributed by atoms with van der Waals surface area (Å²) in [7, 11) is 0. The molecule has 0 aromatic carbocycles. The van der Waals surface area contributed by atoms with Crippen molar-refractivity contribution in [1.29, 1.82) is 0 Å². The van der Waals surface area contributed by atoms with Crippen LogP contribution in [-0.4, -0.2) is 22.9 Å². The standard InChI is InChI=1S/C8H10N2O2/c1-2-12-8(6-11)7-5-9-3-4-10-7/h3-6,8H,2H2,1H3. The van der Waals surface area contributed by atoms with E-state index in [9.17, 15) is 4.79 Å². The zero-order valence-corrected chi connectivity index (χ0v) is 6.80. The summed E-state index contributed by atoms with van der Waals surface area (Å²) in [6.07, 6.45) is 4.74. The molecule has 0 aliphatic rings. The fourth-order valence-corrected chi connectivity index (χ4v) is 0.831. The second-order valence-corrected chi connectivity index (χ2v) is 2.14. The van der Waals surface area contributed by atoms with Crippen LogP contribution in [0.15, 0.2) is 18.6 Å². The van der Waals surface area contributed by atoms with E-state index in [1.807, 2.05) is 6.92 Å². The second kappa shape index (κ2) is 4.56. The number of hydrogen-bond acceptors (Lipinski definition) is 4. The zero-order valence-electron chi connectivity index (χ0n) is 6.80. The first-order valence-electron chi connectivity index (χ1n) is 3.71. The third kappa shape index (κ3) is 2.10. The quantitative estimate of drug-likeness (QED) is 0.619. The van der Waals surface area contributed by atoms with Crippen LogP contribution in [0.4, 0.5) is 0 Å². The van der Waals surface area contributed by atoms with E-state index in [1.165, 1.54) is 12.4 Å². The van der Waals surface area contributed by atoms with Crippen LogP contribution < -0.4 is 0 Å². The van der Waals surface area contributed by atoms with Crippen molar-refractivity contribution in [3.63, 3.8) is 0 Å². The van der Waals surface area contributed by atoms with Gasteiger partial charge in [-0.15, -0.1) is 0 Å². The smallest absolute Gasteiger partial charge is 0.156 e. The average Bonchev–Trinajstić information content (AvgIpc) is 2.15. The number of carbonyl (C=O) groups is 1. The summed E-state index contributed by atoms with van der Waals surface area (Å²) >= 11 is 0. The topological polar surface area (TPSA) is 52.1 Å². The SMILES string of the molecule is CCOC(C=O)c1cnccn1. The van der Waals surface area contributed by atoms with E-state index >= 15 is 0 Å². The van der Waals surface area contributed by atoms with E-state index in [0.29, 0.717) is 18.6 Å². The van der Waals surface area contributed by atoms with E-state index < -0.39 is 6.10 Å². The Labute approximate surface area is 70.6 Å². The van der Waals surface area contributed by atoms with Gasteiger partial charge in [0.15, 0.2) is 12.4 Å². The molecule has 0 amide bonds. The van der Waals surface area contributed by atoms with Gasteiger partial charge in [0.05, 0.1) is 11.9 Å². The predicted octanol–water partition coefficient (Wildman–Crippen LogP) is 0.753. The molecule has 1 atom stereocenters. The second-order valence-electron chi connectivity index (χ2n) is 2.14. The van der Waals surface area contributed by atoms with Crippen LogP contribution in [0, 0.1) is 0 Å². The van der Waals surface area contributed by atoms with Gasteiger partial charge in [0.1, 0.15) is 0 Å². The van der Waals surface area contributed by atoms with Crippen LogP contribution in [0.2, 0.25) is 0 Å². The lowest BCUT2D eigenvalue weighted by Crippen LogP contribution is -2.07. The number of aromatic nitrogens is 2. The van der Waals surface area contributed by atoms with Crippen molar-refractivity contribution in [3.8, 4) is 0 Å². The Balaban J connectivity index is 2.73. The minimum atomic E-state index is -0.580. The van der Waals surface area contributed by atoms with Crippen LogP contribution in [0.25, 0.3) is 0 Å². The van der Waals surface area contributed by atoms with Crippen molar-refractivity contribution in [2.75, 3.05) is 6.61 Å². The van der Waals surface area contributed by atoms with E-state index in [-0.39, 0.29) is 0 Å². The van der Waals surface area contributed by atoms with Gasteiger partial charge in [0.2, 0.25) is 0 Å². The third-order valence-electron chi connectivity index (χ3n) is 1.34. The molecule has 1 aromatic rings. The summed E-state index contributed by atoms with van der Waals surface area (Å²) in [6.45, 7) is 2.31. The molecular formula is C8H10N2O2. The summed E-state index contributed by atoms with van der Waals surface area (Å²) in [5.41, 5.74) is 0.550. The van der Waals surface area contributed by atoms with Gasteiger partial charge in [-0.25, -0.2) is 0 Å². The van der Waals surface area contributed by atoms with Crippen LogP contribution in [0.3, 0.4) is 0 Å². The van der Waals surface area contributed by atoms with E-state index in [2.05, 4.69) is 9.97 Å². The molecule has 64 valence electrons. The lowest BCUT2D eigenvalue weighted by atomic mass is 10.3. The Hall–Kier alpha value is -1.29. The predicted molar refractivity (Wildman–Crippen MR) is 42.5 cm³/mol. The Morgan fingerprint density at radius 2 is 2.50 bits per heavy atom. The Morgan fingerprint density at radius 1 is 1.67 bits per heavy atom. The van der Waals surface area contributed by atoms with Crippen LogP contribution in [-0.2, 0) is 9.53 Å². The Bertz CT molecular complexity index is 238. The largest absolute Gasteiger partial charge is 0.365 e. The van der Waals surface area contributed by atoms with E-state index in [0.717, 1.165) is 0 Å². The molecule has 0 aliphatic heterocycles. The molecule has 1 unspecified atom stereocenters.